The van der Waals surface area contributed by atoms with Crippen molar-refractivity contribution < 1.29 is 9.13 Å². The number of benzene rings is 2. The monoisotopic (exact) mass is 245 g/mol. The summed E-state index contributed by atoms with van der Waals surface area (Å²) in [7, 11) is 0. The Morgan fingerprint density at radius 3 is 2.78 bits per heavy atom. The van der Waals surface area contributed by atoms with Crippen molar-refractivity contribution in [2.75, 3.05) is 5.73 Å². The molecule has 0 amide bonds. The summed E-state index contributed by atoms with van der Waals surface area (Å²) in [6.07, 6.45) is 0.958. The Morgan fingerprint density at radius 2 is 2.00 bits per heavy atom. The Kier molecular flexibility index (Phi) is 3.82. The van der Waals surface area contributed by atoms with Crippen molar-refractivity contribution in [1.82, 2.24) is 0 Å². The van der Waals surface area contributed by atoms with Crippen LogP contribution in [0.3, 0.4) is 0 Å². The molecule has 2 aromatic carbocycles. The standard InChI is InChI=1S/C15H16FNO/c1-2-11-4-3-5-14(8-11)18-10-12-9-13(16)6-7-15(12)17/h3-9H,2,10,17H2,1H3. The van der Waals surface area contributed by atoms with Crippen LogP contribution >= 0.6 is 0 Å². The van der Waals surface area contributed by atoms with Crippen LogP contribution < -0.4 is 10.5 Å². The number of nitrogen functional groups attached to an aromatic ring is 1. The quantitative estimate of drug-likeness (QED) is 0.836. The SMILES string of the molecule is CCc1cccc(OCc2cc(F)ccc2N)c1. The lowest BCUT2D eigenvalue weighted by atomic mass is 10.1. The van der Waals surface area contributed by atoms with Crippen LogP contribution in [0.4, 0.5) is 10.1 Å². The molecule has 18 heavy (non-hydrogen) atoms. The van der Waals surface area contributed by atoms with E-state index in [2.05, 4.69) is 6.92 Å². The molecule has 2 nitrogen and oxygen atoms in total. The minimum absolute atomic E-state index is 0.275. The number of halogens is 1. The number of anilines is 1. The topological polar surface area (TPSA) is 35.2 Å². The van der Waals surface area contributed by atoms with Gasteiger partial charge in [0.15, 0.2) is 0 Å². The maximum absolute atomic E-state index is 13.1. The van der Waals surface area contributed by atoms with Crippen molar-refractivity contribution in [3.8, 4) is 5.75 Å². The van der Waals surface area contributed by atoms with Gasteiger partial charge < -0.3 is 10.5 Å². The molecule has 2 rings (SSSR count). The highest BCUT2D eigenvalue weighted by molar-refractivity contribution is 5.46. The third-order valence-electron chi connectivity index (χ3n) is 2.81. The summed E-state index contributed by atoms with van der Waals surface area (Å²) in [5.41, 5.74) is 8.18. The smallest absolute Gasteiger partial charge is 0.123 e. The third-order valence-corrected chi connectivity index (χ3v) is 2.81. The molecule has 0 unspecified atom stereocenters. The first-order valence-electron chi connectivity index (χ1n) is 5.94. The molecule has 0 aliphatic rings. The molecule has 2 aromatic rings. The number of ether oxygens (including phenoxy) is 1. The molecule has 2 N–H and O–H groups in total. The van der Waals surface area contributed by atoms with Gasteiger partial charge in [-0.15, -0.1) is 0 Å². The summed E-state index contributed by atoms with van der Waals surface area (Å²) in [5.74, 6) is 0.475. The molecule has 0 spiro atoms. The number of aryl methyl sites for hydroxylation is 1. The van der Waals surface area contributed by atoms with E-state index in [9.17, 15) is 4.39 Å². The van der Waals surface area contributed by atoms with E-state index >= 15 is 0 Å². The fourth-order valence-corrected chi connectivity index (χ4v) is 1.72. The molecular weight excluding hydrogens is 229 g/mol. The number of rotatable bonds is 4. The molecule has 0 radical (unpaired) electrons. The van der Waals surface area contributed by atoms with Crippen molar-refractivity contribution in [1.29, 1.82) is 0 Å². The van der Waals surface area contributed by atoms with Gasteiger partial charge in [-0.1, -0.05) is 19.1 Å². The van der Waals surface area contributed by atoms with E-state index in [0.29, 0.717) is 11.3 Å². The van der Waals surface area contributed by atoms with Gasteiger partial charge in [-0.3, -0.25) is 0 Å². The van der Waals surface area contributed by atoms with Crippen LogP contribution in [-0.4, -0.2) is 0 Å². The summed E-state index contributed by atoms with van der Waals surface area (Å²) in [4.78, 5) is 0. The first-order chi connectivity index (χ1) is 8.69. The van der Waals surface area contributed by atoms with Gasteiger partial charge in [-0.25, -0.2) is 4.39 Å². The molecular formula is C15H16FNO. The summed E-state index contributed by atoms with van der Waals surface area (Å²) in [6, 6.07) is 12.2. The average Bonchev–Trinajstić information content (AvgIpc) is 2.40. The second kappa shape index (κ2) is 5.54. The van der Waals surface area contributed by atoms with Gasteiger partial charge in [0.25, 0.3) is 0 Å². The zero-order valence-corrected chi connectivity index (χ0v) is 10.3. The molecule has 94 valence electrons. The van der Waals surface area contributed by atoms with Crippen molar-refractivity contribution in [3.05, 3.63) is 59.4 Å². The Morgan fingerprint density at radius 1 is 1.17 bits per heavy atom. The predicted octanol–water partition coefficient (Wildman–Crippen LogP) is 3.55. The minimum Gasteiger partial charge on any atom is -0.489 e. The molecule has 0 heterocycles. The normalized spacial score (nSPS) is 10.3. The third kappa shape index (κ3) is 3.00. The Bertz CT molecular complexity index is 540. The fourth-order valence-electron chi connectivity index (χ4n) is 1.72. The van der Waals surface area contributed by atoms with Gasteiger partial charge in [0.05, 0.1) is 0 Å². The first-order valence-corrected chi connectivity index (χ1v) is 5.94. The average molecular weight is 245 g/mol. The largest absolute Gasteiger partial charge is 0.489 e. The van der Waals surface area contributed by atoms with Gasteiger partial charge in [-0.05, 0) is 42.3 Å². The molecule has 0 saturated carbocycles. The molecule has 0 aliphatic carbocycles. The summed E-state index contributed by atoms with van der Waals surface area (Å²) in [5, 5.41) is 0. The van der Waals surface area contributed by atoms with Crippen molar-refractivity contribution >= 4 is 5.69 Å². The van der Waals surface area contributed by atoms with Crippen LogP contribution in [0.5, 0.6) is 5.75 Å². The second-order valence-corrected chi connectivity index (χ2v) is 4.13. The van der Waals surface area contributed by atoms with E-state index in [1.165, 1.54) is 17.7 Å². The van der Waals surface area contributed by atoms with Gasteiger partial charge in [0.2, 0.25) is 0 Å². The van der Waals surface area contributed by atoms with E-state index in [0.717, 1.165) is 12.2 Å². The molecule has 0 saturated heterocycles. The van der Waals surface area contributed by atoms with E-state index in [4.69, 9.17) is 10.5 Å². The fraction of sp³-hybridized carbons (Fsp3) is 0.200. The van der Waals surface area contributed by atoms with E-state index in [1.807, 2.05) is 24.3 Å². The Balaban J connectivity index is 2.08. The number of hydrogen-bond acceptors (Lipinski definition) is 2. The van der Waals surface area contributed by atoms with Gasteiger partial charge in [0, 0.05) is 11.3 Å². The van der Waals surface area contributed by atoms with Gasteiger partial charge in [0.1, 0.15) is 18.2 Å². The van der Waals surface area contributed by atoms with Gasteiger partial charge >= 0.3 is 0 Å². The van der Waals surface area contributed by atoms with Crippen LogP contribution in [0.25, 0.3) is 0 Å². The molecule has 0 bridgehead atoms. The highest BCUT2D eigenvalue weighted by atomic mass is 19.1. The summed E-state index contributed by atoms with van der Waals surface area (Å²) in [6.45, 7) is 2.36. The summed E-state index contributed by atoms with van der Waals surface area (Å²) >= 11 is 0. The van der Waals surface area contributed by atoms with E-state index in [-0.39, 0.29) is 12.4 Å². The molecule has 0 fully saturated rings. The van der Waals surface area contributed by atoms with Crippen molar-refractivity contribution in [2.24, 2.45) is 0 Å². The number of hydrogen-bond donors (Lipinski definition) is 1. The van der Waals surface area contributed by atoms with Crippen LogP contribution in [-0.2, 0) is 13.0 Å². The predicted molar refractivity (Wildman–Crippen MR) is 71.0 cm³/mol. The number of nitrogens with two attached hydrogens (primary N) is 1. The second-order valence-electron chi connectivity index (χ2n) is 4.13. The maximum Gasteiger partial charge on any atom is 0.123 e. The Labute approximate surface area is 106 Å². The highest BCUT2D eigenvalue weighted by Crippen LogP contribution is 2.18. The molecule has 0 atom stereocenters. The first kappa shape index (κ1) is 12.4. The minimum atomic E-state index is -0.301. The van der Waals surface area contributed by atoms with Crippen molar-refractivity contribution in [3.63, 3.8) is 0 Å². The lowest BCUT2D eigenvalue weighted by Gasteiger charge is -2.09. The van der Waals surface area contributed by atoms with Crippen LogP contribution in [0, 0.1) is 5.82 Å². The van der Waals surface area contributed by atoms with Gasteiger partial charge in [-0.2, -0.15) is 0 Å². The van der Waals surface area contributed by atoms with E-state index in [1.54, 1.807) is 6.07 Å². The molecule has 0 aromatic heterocycles. The lowest BCUT2D eigenvalue weighted by Crippen LogP contribution is -2.01. The van der Waals surface area contributed by atoms with E-state index < -0.39 is 0 Å². The zero-order valence-electron chi connectivity index (χ0n) is 10.3. The maximum atomic E-state index is 13.1. The Hall–Kier alpha value is -2.03. The lowest BCUT2D eigenvalue weighted by molar-refractivity contribution is 0.306. The summed E-state index contributed by atoms with van der Waals surface area (Å²) < 4.78 is 18.7. The highest BCUT2D eigenvalue weighted by Gasteiger charge is 2.03. The van der Waals surface area contributed by atoms with Crippen LogP contribution in [0.1, 0.15) is 18.1 Å². The van der Waals surface area contributed by atoms with Crippen LogP contribution in [0.15, 0.2) is 42.5 Å². The molecule has 3 heteroatoms. The van der Waals surface area contributed by atoms with Crippen molar-refractivity contribution in [2.45, 2.75) is 20.0 Å². The zero-order chi connectivity index (χ0) is 13.0. The molecule has 0 aliphatic heterocycles. The van der Waals surface area contributed by atoms with Crippen LogP contribution in [0.2, 0.25) is 0 Å².